The maximum absolute atomic E-state index is 11.8. The molecule has 0 saturated heterocycles. The van der Waals surface area contributed by atoms with Crippen LogP contribution in [0.2, 0.25) is 0 Å². The summed E-state index contributed by atoms with van der Waals surface area (Å²) < 4.78 is 1.11. The third kappa shape index (κ3) is 1.50. The fourth-order valence-corrected chi connectivity index (χ4v) is 1.40. The second-order valence-electron chi connectivity index (χ2n) is 3.67. The third-order valence-corrected chi connectivity index (χ3v) is 2.33. The Labute approximate surface area is 91.4 Å². The van der Waals surface area contributed by atoms with E-state index in [0.717, 1.165) is 4.68 Å². The molecule has 0 unspecified atom stereocenters. The van der Waals surface area contributed by atoms with E-state index in [1.807, 2.05) is 0 Å². The Morgan fingerprint density at radius 1 is 1.19 bits per heavy atom. The molecule has 0 bridgehead atoms. The molecule has 2 rings (SSSR count). The van der Waals surface area contributed by atoms with Crippen LogP contribution in [0.25, 0.3) is 0 Å². The Morgan fingerprint density at radius 2 is 1.88 bits per heavy atom. The van der Waals surface area contributed by atoms with Crippen LogP contribution in [0.3, 0.4) is 0 Å². The summed E-state index contributed by atoms with van der Waals surface area (Å²) in [6.07, 6.45) is 0.179. The van der Waals surface area contributed by atoms with Gasteiger partial charge in [0.15, 0.2) is 0 Å². The van der Waals surface area contributed by atoms with Gasteiger partial charge in [0, 0.05) is 12.8 Å². The van der Waals surface area contributed by atoms with Crippen molar-refractivity contribution in [1.82, 2.24) is 14.9 Å². The van der Waals surface area contributed by atoms with E-state index in [0.29, 0.717) is 5.71 Å². The van der Waals surface area contributed by atoms with Crippen LogP contribution in [0.4, 0.5) is 5.95 Å². The zero-order chi connectivity index (χ0) is 11.9. The van der Waals surface area contributed by atoms with Gasteiger partial charge in [0.1, 0.15) is 5.69 Å². The molecule has 2 heterocycles. The zero-order valence-corrected chi connectivity index (χ0v) is 9.26. The highest BCUT2D eigenvalue weighted by atomic mass is 16.2. The molecule has 0 N–H and O–H groups in total. The van der Waals surface area contributed by atoms with Crippen LogP contribution in [0.1, 0.15) is 19.0 Å². The van der Waals surface area contributed by atoms with Crippen LogP contribution < -0.4 is 10.5 Å². The largest absolute Gasteiger partial charge is 0.297 e. The second kappa shape index (κ2) is 3.51. The Morgan fingerprint density at radius 3 is 2.56 bits per heavy atom. The van der Waals surface area contributed by atoms with E-state index < -0.39 is 0 Å². The summed E-state index contributed by atoms with van der Waals surface area (Å²) in [5.74, 6) is -0.0116. The lowest BCUT2D eigenvalue weighted by atomic mass is 10.3. The molecular weight excluding hydrogens is 210 g/mol. The van der Waals surface area contributed by atoms with Crippen molar-refractivity contribution in [3.05, 3.63) is 16.0 Å². The molecule has 0 fully saturated rings. The first-order valence-corrected chi connectivity index (χ1v) is 4.78. The number of anilines is 1. The summed E-state index contributed by atoms with van der Waals surface area (Å²) in [7, 11) is 1.55. The van der Waals surface area contributed by atoms with Gasteiger partial charge < -0.3 is 0 Å². The fourth-order valence-electron chi connectivity index (χ4n) is 1.40. The van der Waals surface area contributed by atoms with E-state index >= 15 is 0 Å². The molecule has 1 aliphatic rings. The summed E-state index contributed by atoms with van der Waals surface area (Å²) in [5, 5.41) is 11.6. The van der Waals surface area contributed by atoms with E-state index in [1.165, 1.54) is 4.90 Å². The Bertz CT molecular complexity index is 545. The molecule has 16 heavy (non-hydrogen) atoms. The van der Waals surface area contributed by atoms with Gasteiger partial charge in [-0.3, -0.25) is 14.5 Å². The SMILES string of the molecule is CC1=Nn2c(nnc(C)c2=O)N(C)C(=O)C1. The predicted molar refractivity (Wildman–Crippen MR) is 57.6 cm³/mol. The molecule has 0 aliphatic carbocycles. The molecule has 0 aromatic carbocycles. The maximum atomic E-state index is 11.8. The first-order valence-electron chi connectivity index (χ1n) is 4.78. The van der Waals surface area contributed by atoms with Crippen LogP contribution in [0.5, 0.6) is 0 Å². The minimum absolute atomic E-state index is 0.150. The summed E-state index contributed by atoms with van der Waals surface area (Å²) in [6, 6.07) is 0. The van der Waals surface area contributed by atoms with Gasteiger partial charge in [0.05, 0.1) is 6.42 Å². The number of aryl methyl sites for hydroxylation is 1. The van der Waals surface area contributed by atoms with Crippen molar-refractivity contribution < 1.29 is 4.79 Å². The van der Waals surface area contributed by atoms with Gasteiger partial charge >= 0.3 is 0 Å². The van der Waals surface area contributed by atoms with Crippen molar-refractivity contribution in [2.45, 2.75) is 20.3 Å². The van der Waals surface area contributed by atoms with E-state index in [2.05, 4.69) is 15.3 Å². The smallest absolute Gasteiger partial charge is 0.282 e. The molecule has 0 radical (unpaired) electrons. The number of hydrogen-bond donors (Lipinski definition) is 0. The highest BCUT2D eigenvalue weighted by Gasteiger charge is 2.22. The van der Waals surface area contributed by atoms with E-state index in [-0.39, 0.29) is 29.5 Å². The monoisotopic (exact) mass is 221 g/mol. The molecule has 1 aromatic heterocycles. The molecule has 7 nitrogen and oxygen atoms in total. The summed E-state index contributed by atoms with van der Waals surface area (Å²) in [4.78, 5) is 24.7. The van der Waals surface area contributed by atoms with Gasteiger partial charge in [-0.05, 0) is 13.8 Å². The van der Waals surface area contributed by atoms with Crippen molar-refractivity contribution in [3.63, 3.8) is 0 Å². The first-order chi connectivity index (χ1) is 7.50. The van der Waals surface area contributed by atoms with Crippen LogP contribution in [-0.4, -0.2) is 33.5 Å². The van der Waals surface area contributed by atoms with Gasteiger partial charge in [-0.25, -0.2) is 0 Å². The summed E-state index contributed by atoms with van der Waals surface area (Å²) in [6.45, 7) is 3.25. The molecular formula is C9H11N5O2. The molecule has 1 aromatic rings. The van der Waals surface area contributed by atoms with Crippen LogP contribution in [0, 0.1) is 6.92 Å². The van der Waals surface area contributed by atoms with Crippen molar-refractivity contribution in [2.75, 3.05) is 11.9 Å². The summed E-state index contributed by atoms with van der Waals surface area (Å²) in [5.41, 5.74) is 0.471. The average molecular weight is 221 g/mol. The highest BCUT2D eigenvalue weighted by Crippen LogP contribution is 2.11. The Hall–Kier alpha value is -2.05. The molecule has 1 amide bonds. The molecule has 1 aliphatic heterocycles. The Balaban J connectivity index is 2.75. The number of fused-ring (bicyclic) bond motifs is 1. The number of aromatic nitrogens is 3. The third-order valence-electron chi connectivity index (χ3n) is 2.33. The lowest BCUT2D eigenvalue weighted by molar-refractivity contribution is -0.117. The van der Waals surface area contributed by atoms with Crippen molar-refractivity contribution in [3.8, 4) is 0 Å². The molecule has 0 spiro atoms. The average Bonchev–Trinajstić information content (AvgIpc) is 2.33. The van der Waals surface area contributed by atoms with Crippen LogP contribution >= 0.6 is 0 Å². The van der Waals surface area contributed by atoms with Crippen molar-refractivity contribution in [1.29, 1.82) is 0 Å². The van der Waals surface area contributed by atoms with Gasteiger partial charge in [-0.2, -0.15) is 9.78 Å². The van der Waals surface area contributed by atoms with Crippen molar-refractivity contribution >= 4 is 17.6 Å². The lowest BCUT2D eigenvalue weighted by Crippen LogP contribution is -2.32. The topological polar surface area (TPSA) is 80.5 Å². The second-order valence-corrected chi connectivity index (χ2v) is 3.67. The van der Waals surface area contributed by atoms with E-state index in [9.17, 15) is 9.59 Å². The van der Waals surface area contributed by atoms with Gasteiger partial charge in [-0.15, -0.1) is 10.2 Å². The summed E-state index contributed by atoms with van der Waals surface area (Å²) >= 11 is 0. The number of nitrogens with zero attached hydrogens (tertiary/aromatic N) is 5. The fraction of sp³-hybridized carbons (Fsp3) is 0.444. The minimum atomic E-state index is -0.356. The lowest BCUT2D eigenvalue weighted by Gasteiger charge is -2.14. The standard InChI is InChI=1S/C9H11N5O2/c1-5-4-7(15)13(3)9-11-10-6(2)8(16)14(9)12-5/h4H2,1-3H3. The minimum Gasteiger partial charge on any atom is -0.282 e. The van der Waals surface area contributed by atoms with Gasteiger partial charge in [-0.1, -0.05) is 0 Å². The van der Waals surface area contributed by atoms with Gasteiger partial charge in [0.25, 0.3) is 11.5 Å². The van der Waals surface area contributed by atoms with Crippen LogP contribution in [0.15, 0.2) is 9.90 Å². The molecule has 0 saturated carbocycles. The molecule has 7 heteroatoms. The Kier molecular flexibility index (Phi) is 2.30. The number of amides is 1. The first kappa shape index (κ1) is 10.5. The maximum Gasteiger partial charge on any atom is 0.297 e. The quantitative estimate of drug-likeness (QED) is 0.593. The van der Waals surface area contributed by atoms with Crippen molar-refractivity contribution in [2.24, 2.45) is 5.10 Å². The van der Waals surface area contributed by atoms with Gasteiger partial charge in [0.2, 0.25) is 5.91 Å². The number of carbonyl (C=O) groups excluding carboxylic acids is 1. The van der Waals surface area contributed by atoms with E-state index in [4.69, 9.17) is 0 Å². The zero-order valence-electron chi connectivity index (χ0n) is 9.26. The molecule has 0 atom stereocenters. The number of rotatable bonds is 0. The van der Waals surface area contributed by atoms with E-state index in [1.54, 1.807) is 20.9 Å². The number of hydrogen-bond acceptors (Lipinski definition) is 5. The molecule has 84 valence electrons. The van der Waals surface area contributed by atoms with Crippen LogP contribution in [-0.2, 0) is 4.79 Å². The number of carbonyl (C=O) groups is 1. The predicted octanol–water partition coefficient (Wildman–Crippen LogP) is -0.463. The normalized spacial score (nSPS) is 15.6. The highest BCUT2D eigenvalue weighted by molar-refractivity contribution is 6.06.